The summed E-state index contributed by atoms with van der Waals surface area (Å²) < 4.78 is 1.00. The lowest BCUT2D eigenvalue weighted by Gasteiger charge is -2.31. The third kappa shape index (κ3) is 3.98. The highest BCUT2D eigenvalue weighted by atomic mass is 79.9. The van der Waals surface area contributed by atoms with Gasteiger partial charge in [-0.25, -0.2) is 0 Å². The van der Waals surface area contributed by atoms with E-state index in [2.05, 4.69) is 27.8 Å². The summed E-state index contributed by atoms with van der Waals surface area (Å²) in [5.74, 6) is 1.21. The summed E-state index contributed by atoms with van der Waals surface area (Å²) in [7, 11) is 0. The highest BCUT2D eigenvalue weighted by Crippen LogP contribution is 2.26. The van der Waals surface area contributed by atoms with Gasteiger partial charge in [-0.15, -0.1) is 0 Å². The Morgan fingerprint density at radius 1 is 1.50 bits per heavy atom. The maximum absolute atomic E-state index is 10.2. The lowest BCUT2D eigenvalue weighted by atomic mass is 10.1. The molecule has 2 atom stereocenters. The molecule has 2 nitrogen and oxygen atoms in total. The molecule has 0 aromatic heterocycles. The molecule has 4 heteroatoms. The second-order valence-corrected chi connectivity index (χ2v) is 7.21. The van der Waals surface area contributed by atoms with Crippen LogP contribution in [0.4, 0.5) is 0 Å². The molecule has 1 aliphatic rings. The molecule has 0 amide bonds. The fourth-order valence-electron chi connectivity index (χ4n) is 2.30. The Kier molecular flexibility index (Phi) is 5.55. The van der Waals surface area contributed by atoms with E-state index >= 15 is 0 Å². The molecule has 0 bridgehead atoms. The van der Waals surface area contributed by atoms with Gasteiger partial charge < -0.3 is 10.0 Å². The first-order valence-corrected chi connectivity index (χ1v) is 8.27. The average Bonchev–Trinajstić information content (AvgIpc) is 2.37. The van der Waals surface area contributed by atoms with Crippen LogP contribution in [-0.4, -0.2) is 40.6 Å². The third-order valence-electron chi connectivity index (χ3n) is 3.31. The Hall–Kier alpha value is -0.0300. The van der Waals surface area contributed by atoms with Gasteiger partial charge in [-0.2, -0.15) is 11.8 Å². The molecule has 1 aromatic rings. The monoisotopic (exact) mass is 329 g/mol. The van der Waals surface area contributed by atoms with Gasteiger partial charge in [0.15, 0.2) is 0 Å². The van der Waals surface area contributed by atoms with Crippen molar-refractivity contribution in [2.24, 2.45) is 0 Å². The molecule has 2 rings (SSSR count). The Bertz CT molecular complexity index is 388. The SMILES string of the molecule is CC1CN(CCC(O)c2ccccc2Br)CCS1. The summed E-state index contributed by atoms with van der Waals surface area (Å²) in [6.07, 6.45) is 0.436. The van der Waals surface area contributed by atoms with Crippen molar-refractivity contribution in [1.82, 2.24) is 4.90 Å². The van der Waals surface area contributed by atoms with Crippen molar-refractivity contribution in [2.45, 2.75) is 24.7 Å². The first-order chi connectivity index (χ1) is 8.66. The first-order valence-electron chi connectivity index (χ1n) is 6.43. The van der Waals surface area contributed by atoms with Crippen LogP contribution in [0.2, 0.25) is 0 Å². The molecule has 0 aliphatic carbocycles. The highest BCUT2D eigenvalue weighted by Gasteiger charge is 2.18. The zero-order valence-corrected chi connectivity index (χ0v) is 13.1. The number of nitrogens with zero attached hydrogens (tertiary/aromatic N) is 1. The van der Waals surface area contributed by atoms with Gasteiger partial charge in [0.1, 0.15) is 0 Å². The average molecular weight is 330 g/mol. The van der Waals surface area contributed by atoms with Crippen LogP contribution >= 0.6 is 27.7 Å². The molecule has 1 aromatic carbocycles. The Labute approximate surface area is 122 Å². The Morgan fingerprint density at radius 2 is 2.28 bits per heavy atom. The van der Waals surface area contributed by atoms with Crippen molar-refractivity contribution >= 4 is 27.7 Å². The lowest BCUT2D eigenvalue weighted by molar-refractivity contribution is 0.142. The predicted octanol–water partition coefficient (Wildman–Crippen LogP) is 3.31. The van der Waals surface area contributed by atoms with E-state index in [-0.39, 0.29) is 6.10 Å². The minimum atomic E-state index is -0.370. The fourth-order valence-corrected chi connectivity index (χ4v) is 3.93. The molecule has 1 aliphatic heterocycles. The summed E-state index contributed by atoms with van der Waals surface area (Å²) >= 11 is 5.54. The van der Waals surface area contributed by atoms with E-state index < -0.39 is 0 Å². The summed E-state index contributed by atoms with van der Waals surface area (Å²) in [5, 5.41) is 11.0. The van der Waals surface area contributed by atoms with Gasteiger partial charge in [0.05, 0.1) is 6.10 Å². The predicted molar refractivity (Wildman–Crippen MR) is 82.1 cm³/mol. The van der Waals surface area contributed by atoms with E-state index in [9.17, 15) is 5.11 Å². The van der Waals surface area contributed by atoms with E-state index in [1.54, 1.807) is 0 Å². The van der Waals surface area contributed by atoms with Crippen molar-refractivity contribution < 1.29 is 5.11 Å². The minimum absolute atomic E-state index is 0.370. The molecule has 2 unspecified atom stereocenters. The standard InChI is InChI=1S/C14H20BrNOS/c1-11-10-16(8-9-18-11)7-6-14(17)12-4-2-3-5-13(12)15/h2-5,11,14,17H,6-10H2,1H3. The molecule has 100 valence electrons. The van der Waals surface area contributed by atoms with Crippen molar-refractivity contribution in [3.05, 3.63) is 34.3 Å². The summed E-state index contributed by atoms with van der Waals surface area (Å²) in [4.78, 5) is 2.46. The molecule has 0 saturated carbocycles. The zero-order valence-electron chi connectivity index (χ0n) is 10.7. The molecule has 1 saturated heterocycles. The lowest BCUT2D eigenvalue weighted by Crippen LogP contribution is -2.37. The number of halogens is 1. The largest absolute Gasteiger partial charge is 0.388 e. The first kappa shape index (κ1) is 14.4. The molecule has 0 radical (unpaired) electrons. The number of rotatable bonds is 4. The fraction of sp³-hybridized carbons (Fsp3) is 0.571. The van der Waals surface area contributed by atoms with Crippen LogP contribution in [0.25, 0.3) is 0 Å². The topological polar surface area (TPSA) is 23.5 Å². The quantitative estimate of drug-likeness (QED) is 0.916. The zero-order chi connectivity index (χ0) is 13.0. The summed E-state index contributed by atoms with van der Waals surface area (Å²) in [6.45, 7) is 5.56. The summed E-state index contributed by atoms with van der Waals surface area (Å²) in [5.41, 5.74) is 0.997. The Balaban J connectivity index is 1.84. The van der Waals surface area contributed by atoms with E-state index in [1.165, 1.54) is 5.75 Å². The van der Waals surface area contributed by atoms with Gasteiger partial charge in [0.2, 0.25) is 0 Å². The molecule has 1 fully saturated rings. The Morgan fingerprint density at radius 3 is 3.00 bits per heavy atom. The van der Waals surface area contributed by atoms with Crippen LogP contribution in [0, 0.1) is 0 Å². The number of benzene rings is 1. The van der Waals surface area contributed by atoms with Gasteiger partial charge in [0.25, 0.3) is 0 Å². The van der Waals surface area contributed by atoms with Crippen LogP contribution in [0.15, 0.2) is 28.7 Å². The van der Waals surface area contributed by atoms with Crippen LogP contribution in [0.3, 0.4) is 0 Å². The molecule has 1 N–H and O–H groups in total. The van der Waals surface area contributed by atoms with Crippen molar-refractivity contribution in [1.29, 1.82) is 0 Å². The van der Waals surface area contributed by atoms with Crippen molar-refractivity contribution in [3.63, 3.8) is 0 Å². The van der Waals surface area contributed by atoms with E-state index in [0.29, 0.717) is 0 Å². The maximum Gasteiger partial charge on any atom is 0.0813 e. The summed E-state index contributed by atoms with van der Waals surface area (Å²) in [6, 6.07) is 7.92. The van der Waals surface area contributed by atoms with Gasteiger partial charge in [-0.1, -0.05) is 41.1 Å². The van der Waals surface area contributed by atoms with Crippen LogP contribution in [0.5, 0.6) is 0 Å². The van der Waals surface area contributed by atoms with Crippen LogP contribution in [-0.2, 0) is 0 Å². The second-order valence-electron chi connectivity index (χ2n) is 4.81. The van der Waals surface area contributed by atoms with Crippen molar-refractivity contribution in [2.75, 3.05) is 25.4 Å². The van der Waals surface area contributed by atoms with Crippen LogP contribution in [0.1, 0.15) is 25.0 Å². The smallest absolute Gasteiger partial charge is 0.0813 e. The molecular formula is C14H20BrNOS. The molecule has 18 heavy (non-hydrogen) atoms. The number of thioether (sulfide) groups is 1. The second kappa shape index (κ2) is 6.94. The number of hydrogen-bond donors (Lipinski definition) is 1. The number of hydrogen-bond acceptors (Lipinski definition) is 3. The van der Waals surface area contributed by atoms with Gasteiger partial charge in [0, 0.05) is 35.1 Å². The third-order valence-corrected chi connectivity index (χ3v) is 5.17. The highest BCUT2D eigenvalue weighted by molar-refractivity contribution is 9.10. The van der Waals surface area contributed by atoms with E-state index in [0.717, 1.165) is 41.3 Å². The van der Waals surface area contributed by atoms with Gasteiger partial charge in [-0.3, -0.25) is 0 Å². The van der Waals surface area contributed by atoms with Gasteiger partial charge >= 0.3 is 0 Å². The normalized spacial score (nSPS) is 22.9. The molecular weight excluding hydrogens is 310 g/mol. The minimum Gasteiger partial charge on any atom is -0.388 e. The number of aliphatic hydroxyl groups excluding tert-OH is 1. The maximum atomic E-state index is 10.2. The van der Waals surface area contributed by atoms with E-state index in [4.69, 9.17) is 0 Å². The molecule has 1 heterocycles. The molecule has 0 spiro atoms. The van der Waals surface area contributed by atoms with Crippen molar-refractivity contribution in [3.8, 4) is 0 Å². The number of aliphatic hydroxyl groups is 1. The van der Waals surface area contributed by atoms with E-state index in [1.807, 2.05) is 36.0 Å². The van der Waals surface area contributed by atoms with Crippen LogP contribution < -0.4 is 0 Å². The van der Waals surface area contributed by atoms with Gasteiger partial charge in [-0.05, 0) is 18.1 Å².